The number of pyridine rings is 1. The van der Waals surface area contributed by atoms with Gasteiger partial charge in [-0.15, -0.1) is 0 Å². The van der Waals surface area contributed by atoms with E-state index < -0.39 is 34.0 Å². The highest BCUT2D eigenvalue weighted by Crippen LogP contribution is 2.35. The van der Waals surface area contributed by atoms with Gasteiger partial charge < -0.3 is 14.9 Å². The number of hydrogen-bond acceptors (Lipinski definition) is 5. The second kappa shape index (κ2) is 4.98. The van der Waals surface area contributed by atoms with Crippen LogP contribution in [-0.2, 0) is 10.9 Å². The third-order valence-electron chi connectivity index (χ3n) is 1.89. The van der Waals surface area contributed by atoms with Crippen molar-refractivity contribution in [3.8, 4) is 0 Å². The highest BCUT2D eigenvalue weighted by molar-refractivity contribution is 5.95. The molecule has 18 heavy (non-hydrogen) atoms. The van der Waals surface area contributed by atoms with Crippen LogP contribution < -0.4 is 0 Å². The average molecular weight is 264 g/mol. The second-order valence-electron chi connectivity index (χ2n) is 3.03. The Morgan fingerprint density at radius 1 is 1.56 bits per heavy atom. The lowest BCUT2D eigenvalue weighted by atomic mass is 10.1. The molecule has 1 aromatic rings. The largest absolute Gasteiger partial charge is 0.462 e. The van der Waals surface area contributed by atoms with Crippen molar-refractivity contribution in [3.05, 3.63) is 33.5 Å². The SMILES string of the molecule is CCOC(=O)c1c(C(F)(F)F)ccnc1[N+](=O)[O-]. The van der Waals surface area contributed by atoms with E-state index in [1.54, 1.807) is 0 Å². The molecule has 0 saturated carbocycles. The van der Waals surface area contributed by atoms with Crippen molar-refractivity contribution in [1.82, 2.24) is 4.98 Å². The number of nitrogens with zero attached hydrogens (tertiary/aromatic N) is 2. The lowest BCUT2D eigenvalue weighted by Gasteiger charge is -2.10. The van der Waals surface area contributed by atoms with Crippen LogP contribution in [0.2, 0.25) is 0 Å². The van der Waals surface area contributed by atoms with E-state index in [9.17, 15) is 28.1 Å². The van der Waals surface area contributed by atoms with Gasteiger partial charge in [-0.3, -0.25) is 0 Å². The molecule has 9 heteroatoms. The Balaban J connectivity index is 3.49. The number of carbonyl (C=O) groups is 1. The van der Waals surface area contributed by atoms with Gasteiger partial charge in [-0.05, 0) is 22.9 Å². The fourth-order valence-electron chi connectivity index (χ4n) is 1.23. The third kappa shape index (κ3) is 2.73. The van der Waals surface area contributed by atoms with Gasteiger partial charge in [0, 0.05) is 0 Å². The van der Waals surface area contributed by atoms with Crippen molar-refractivity contribution in [2.45, 2.75) is 13.1 Å². The number of hydrogen-bond donors (Lipinski definition) is 0. The highest BCUT2D eigenvalue weighted by atomic mass is 19.4. The molecule has 0 aliphatic rings. The van der Waals surface area contributed by atoms with Crippen LogP contribution in [0.1, 0.15) is 22.8 Å². The monoisotopic (exact) mass is 264 g/mol. The van der Waals surface area contributed by atoms with Crippen LogP contribution >= 0.6 is 0 Å². The number of esters is 1. The van der Waals surface area contributed by atoms with Crippen molar-refractivity contribution < 1.29 is 27.6 Å². The first-order chi connectivity index (χ1) is 8.29. The van der Waals surface area contributed by atoms with Crippen LogP contribution in [0.4, 0.5) is 19.0 Å². The molecule has 0 fully saturated rings. The zero-order valence-corrected chi connectivity index (χ0v) is 9.02. The Morgan fingerprint density at radius 3 is 2.61 bits per heavy atom. The number of aromatic nitrogens is 1. The molecule has 0 saturated heterocycles. The van der Waals surface area contributed by atoms with Gasteiger partial charge >= 0.3 is 18.0 Å². The van der Waals surface area contributed by atoms with E-state index >= 15 is 0 Å². The summed E-state index contributed by atoms with van der Waals surface area (Å²) in [6, 6.07) is 0.485. The molecule has 0 unspecified atom stereocenters. The quantitative estimate of drug-likeness (QED) is 0.474. The standard InChI is InChI=1S/C9H7F3N2O4/c1-2-18-8(15)6-5(9(10,11)12)3-4-13-7(6)14(16)17/h3-4H,2H2,1H3. The van der Waals surface area contributed by atoms with Crippen LogP contribution in [0.25, 0.3) is 0 Å². The summed E-state index contributed by atoms with van der Waals surface area (Å²) in [6.45, 7) is 1.16. The van der Waals surface area contributed by atoms with Crippen molar-refractivity contribution >= 4 is 11.8 Å². The number of halogens is 3. The molecule has 0 aliphatic heterocycles. The van der Waals surface area contributed by atoms with Gasteiger partial charge in [0.05, 0.1) is 12.2 Å². The zero-order valence-electron chi connectivity index (χ0n) is 9.02. The van der Waals surface area contributed by atoms with E-state index in [4.69, 9.17) is 0 Å². The van der Waals surface area contributed by atoms with Crippen molar-refractivity contribution in [3.63, 3.8) is 0 Å². The van der Waals surface area contributed by atoms with Gasteiger partial charge in [0.1, 0.15) is 6.20 Å². The minimum Gasteiger partial charge on any atom is -0.462 e. The fraction of sp³-hybridized carbons (Fsp3) is 0.333. The third-order valence-corrected chi connectivity index (χ3v) is 1.89. The molecule has 0 radical (unpaired) electrons. The highest BCUT2D eigenvalue weighted by Gasteiger charge is 2.40. The van der Waals surface area contributed by atoms with Gasteiger partial charge in [0.25, 0.3) is 0 Å². The van der Waals surface area contributed by atoms with E-state index in [1.165, 1.54) is 6.92 Å². The van der Waals surface area contributed by atoms with Gasteiger partial charge in [0.2, 0.25) is 0 Å². The van der Waals surface area contributed by atoms with E-state index in [0.29, 0.717) is 12.3 Å². The minimum atomic E-state index is -4.91. The normalized spacial score (nSPS) is 11.1. The summed E-state index contributed by atoms with van der Waals surface area (Å²) in [5, 5.41) is 10.6. The van der Waals surface area contributed by atoms with E-state index in [1.807, 2.05) is 0 Å². The number of alkyl halides is 3. The Morgan fingerprint density at radius 2 is 2.17 bits per heavy atom. The summed E-state index contributed by atoms with van der Waals surface area (Å²) >= 11 is 0. The van der Waals surface area contributed by atoms with Crippen molar-refractivity contribution in [2.75, 3.05) is 6.61 Å². The van der Waals surface area contributed by atoms with E-state index in [2.05, 4.69) is 9.72 Å². The van der Waals surface area contributed by atoms with Gasteiger partial charge in [-0.25, -0.2) is 4.79 Å². The molecular weight excluding hydrogens is 257 g/mol. The molecule has 0 aromatic carbocycles. The number of rotatable bonds is 3. The molecule has 0 spiro atoms. The van der Waals surface area contributed by atoms with Crippen molar-refractivity contribution in [2.24, 2.45) is 0 Å². The van der Waals surface area contributed by atoms with E-state index in [0.717, 1.165) is 0 Å². The Bertz CT molecular complexity index is 487. The Kier molecular flexibility index (Phi) is 3.84. The van der Waals surface area contributed by atoms with Crippen LogP contribution in [-0.4, -0.2) is 22.5 Å². The Hall–Kier alpha value is -2.19. The molecule has 0 atom stereocenters. The molecule has 98 valence electrons. The zero-order chi connectivity index (χ0) is 13.9. The molecule has 0 bridgehead atoms. The smallest absolute Gasteiger partial charge is 0.417 e. The summed E-state index contributed by atoms with van der Waals surface area (Å²) in [7, 11) is 0. The number of nitro groups is 1. The first-order valence-electron chi connectivity index (χ1n) is 4.66. The maximum atomic E-state index is 12.6. The van der Waals surface area contributed by atoms with Crippen LogP contribution in [0.5, 0.6) is 0 Å². The maximum absolute atomic E-state index is 12.6. The van der Waals surface area contributed by atoms with Crippen molar-refractivity contribution in [1.29, 1.82) is 0 Å². The first kappa shape index (κ1) is 13.9. The molecule has 1 heterocycles. The predicted molar refractivity (Wildman–Crippen MR) is 51.8 cm³/mol. The van der Waals surface area contributed by atoms with Crippen LogP contribution in [0.15, 0.2) is 12.3 Å². The molecular formula is C9H7F3N2O4. The first-order valence-corrected chi connectivity index (χ1v) is 4.66. The summed E-state index contributed by atoms with van der Waals surface area (Å²) in [5.74, 6) is -2.60. The van der Waals surface area contributed by atoms with Gasteiger partial charge in [0.15, 0.2) is 5.56 Å². The summed E-state index contributed by atoms with van der Waals surface area (Å²) < 4.78 is 42.3. The lowest BCUT2D eigenvalue weighted by Crippen LogP contribution is -2.18. The lowest BCUT2D eigenvalue weighted by molar-refractivity contribution is -0.390. The topological polar surface area (TPSA) is 82.3 Å². The molecule has 0 aliphatic carbocycles. The molecule has 0 N–H and O–H groups in total. The molecule has 1 aromatic heterocycles. The van der Waals surface area contributed by atoms with Crippen LogP contribution in [0.3, 0.4) is 0 Å². The molecule has 1 rings (SSSR count). The predicted octanol–water partition coefficient (Wildman–Crippen LogP) is 2.19. The maximum Gasteiger partial charge on any atom is 0.417 e. The van der Waals surface area contributed by atoms with E-state index in [-0.39, 0.29) is 6.61 Å². The van der Waals surface area contributed by atoms with Gasteiger partial charge in [-0.1, -0.05) is 0 Å². The van der Waals surface area contributed by atoms with Crippen LogP contribution in [0, 0.1) is 10.1 Å². The fourth-order valence-corrected chi connectivity index (χ4v) is 1.23. The Labute approximate surface area is 98.5 Å². The average Bonchev–Trinajstić information content (AvgIpc) is 2.27. The second-order valence-corrected chi connectivity index (χ2v) is 3.03. The summed E-state index contributed by atoms with van der Waals surface area (Å²) in [6.07, 6.45) is -4.29. The number of carbonyl (C=O) groups excluding carboxylic acids is 1. The summed E-state index contributed by atoms with van der Waals surface area (Å²) in [4.78, 5) is 23.9. The summed E-state index contributed by atoms with van der Waals surface area (Å²) in [5.41, 5.74) is -2.63. The number of ether oxygens (including phenoxy) is 1. The minimum absolute atomic E-state index is 0.206. The molecule has 6 nitrogen and oxygen atoms in total. The van der Waals surface area contributed by atoms with Gasteiger partial charge in [-0.2, -0.15) is 13.2 Å². The molecule has 0 amide bonds.